The average Bonchev–Trinajstić information content (AvgIpc) is 2.89. The van der Waals surface area contributed by atoms with Crippen molar-refractivity contribution >= 4 is 23.7 Å². The first-order chi connectivity index (χ1) is 10.5. The number of imide groups is 1. The highest BCUT2D eigenvalue weighted by molar-refractivity contribution is 8.00. The van der Waals surface area contributed by atoms with Crippen molar-refractivity contribution in [3.63, 3.8) is 0 Å². The Balaban J connectivity index is 2.10. The zero-order valence-corrected chi connectivity index (χ0v) is 13.3. The minimum atomic E-state index is -0.527. The Kier molecular flexibility index (Phi) is 5.16. The van der Waals surface area contributed by atoms with Crippen molar-refractivity contribution < 1.29 is 9.59 Å². The molecule has 1 unspecified atom stereocenters. The quantitative estimate of drug-likeness (QED) is 0.832. The molecule has 0 fully saturated rings. The van der Waals surface area contributed by atoms with Crippen LogP contribution in [0.4, 0.5) is 4.79 Å². The third-order valence-electron chi connectivity index (χ3n) is 2.98. The number of aromatic nitrogens is 3. The third-order valence-corrected chi connectivity index (χ3v) is 4.12. The number of nitrogens with zero attached hydrogens (tertiary/aromatic N) is 3. The number of hydrogen-bond donors (Lipinski definition) is 2. The Morgan fingerprint density at radius 2 is 1.91 bits per heavy atom. The highest BCUT2D eigenvalue weighted by Gasteiger charge is 2.20. The molecule has 0 spiro atoms. The summed E-state index contributed by atoms with van der Waals surface area (Å²) in [6.45, 7) is 1.71. The van der Waals surface area contributed by atoms with Crippen LogP contribution in [0, 0.1) is 0 Å². The molecule has 22 heavy (non-hydrogen) atoms. The van der Waals surface area contributed by atoms with Gasteiger partial charge >= 0.3 is 6.03 Å². The lowest BCUT2D eigenvalue weighted by Gasteiger charge is -2.10. The first-order valence-corrected chi connectivity index (χ1v) is 7.55. The maximum atomic E-state index is 11.9. The summed E-state index contributed by atoms with van der Waals surface area (Å²) in [4.78, 5) is 23.0. The van der Waals surface area contributed by atoms with E-state index in [9.17, 15) is 9.59 Å². The van der Waals surface area contributed by atoms with Gasteiger partial charge in [-0.2, -0.15) is 0 Å². The van der Waals surface area contributed by atoms with E-state index in [1.165, 1.54) is 18.8 Å². The number of carbonyl (C=O) groups excluding carboxylic acids is 2. The van der Waals surface area contributed by atoms with Gasteiger partial charge in [-0.3, -0.25) is 10.1 Å². The monoisotopic (exact) mass is 319 g/mol. The van der Waals surface area contributed by atoms with E-state index in [1.54, 1.807) is 6.92 Å². The molecule has 0 radical (unpaired) electrons. The van der Waals surface area contributed by atoms with Crippen LogP contribution in [0.3, 0.4) is 0 Å². The van der Waals surface area contributed by atoms with Crippen molar-refractivity contribution in [3.05, 3.63) is 30.3 Å². The van der Waals surface area contributed by atoms with Gasteiger partial charge in [0.15, 0.2) is 11.0 Å². The number of nitrogens with one attached hydrogen (secondary N) is 2. The molecule has 0 aliphatic carbocycles. The van der Waals surface area contributed by atoms with Crippen molar-refractivity contribution in [1.82, 2.24) is 25.4 Å². The molecule has 1 heterocycles. The molecule has 8 heteroatoms. The molecule has 116 valence electrons. The molecule has 3 amide bonds. The van der Waals surface area contributed by atoms with E-state index in [4.69, 9.17) is 0 Å². The fraction of sp³-hybridized carbons (Fsp3) is 0.286. The lowest BCUT2D eigenvalue weighted by molar-refractivity contribution is -0.119. The van der Waals surface area contributed by atoms with Crippen LogP contribution in [0.5, 0.6) is 0 Å². The number of thioether (sulfide) groups is 1. The van der Waals surface area contributed by atoms with Crippen LogP contribution >= 0.6 is 11.8 Å². The standard InChI is InChI=1S/C14H17N5O2S/c1-9(12(20)16-13(21)15-2)22-14-18-17-11(19(14)3)10-7-5-4-6-8-10/h4-9H,1-3H3,(H2,15,16,20,21). The molecule has 0 aliphatic heterocycles. The highest BCUT2D eigenvalue weighted by Crippen LogP contribution is 2.25. The van der Waals surface area contributed by atoms with Crippen LogP contribution in [0.25, 0.3) is 11.4 Å². The summed E-state index contributed by atoms with van der Waals surface area (Å²) in [5, 5.41) is 13.0. The summed E-state index contributed by atoms with van der Waals surface area (Å²) in [5.74, 6) is 0.343. The SMILES string of the molecule is CNC(=O)NC(=O)C(C)Sc1nnc(-c2ccccc2)n1C. The van der Waals surface area contributed by atoms with Crippen molar-refractivity contribution in [2.24, 2.45) is 7.05 Å². The fourth-order valence-electron chi connectivity index (χ4n) is 1.74. The number of benzene rings is 1. The van der Waals surface area contributed by atoms with E-state index < -0.39 is 11.3 Å². The molecule has 1 aromatic carbocycles. The van der Waals surface area contributed by atoms with Crippen molar-refractivity contribution in [2.75, 3.05) is 7.05 Å². The van der Waals surface area contributed by atoms with E-state index in [2.05, 4.69) is 20.8 Å². The van der Waals surface area contributed by atoms with E-state index in [0.29, 0.717) is 5.16 Å². The minimum Gasteiger partial charge on any atom is -0.341 e. The Labute approximate surface area is 132 Å². The predicted octanol–water partition coefficient (Wildman–Crippen LogP) is 1.42. The fourth-order valence-corrected chi connectivity index (χ4v) is 2.56. The zero-order chi connectivity index (χ0) is 16.1. The number of rotatable bonds is 4. The van der Waals surface area contributed by atoms with Crippen LogP contribution in [0.2, 0.25) is 0 Å². The van der Waals surface area contributed by atoms with Gasteiger partial charge in [-0.25, -0.2) is 4.79 Å². The molecule has 2 rings (SSSR count). The van der Waals surface area contributed by atoms with Gasteiger partial charge in [-0.05, 0) is 6.92 Å². The van der Waals surface area contributed by atoms with Crippen molar-refractivity contribution in [2.45, 2.75) is 17.3 Å². The lowest BCUT2D eigenvalue weighted by atomic mass is 10.2. The van der Waals surface area contributed by atoms with E-state index in [0.717, 1.165) is 11.4 Å². The molecular weight excluding hydrogens is 302 g/mol. The van der Waals surface area contributed by atoms with Crippen LogP contribution in [-0.2, 0) is 11.8 Å². The van der Waals surface area contributed by atoms with E-state index in [-0.39, 0.29) is 5.91 Å². The second-order valence-corrected chi connectivity index (χ2v) is 5.87. The smallest absolute Gasteiger partial charge is 0.321 e. The molecule has 2 N–H and O–H groups in total. The van der Waals surface area contributed by atoms with Crippen LogP contribution in [0.15, 0.2) is 35.5 Å². The molecule has 0 saturated heterocycles. The number of carbonyl (C=O) groups is 2. The van der Waals surface area contributed by atoms with Gasteiger partial charge < -0.3 is 9.88 Å². The number of hydrogen-bond acceptors (Lipinski definition) is 5. The third kappa shape index (κ3) is 3.64. The maximum absolute atomic E-state index is 11.9. The highest BCUT2D eigenvalue weighted by atomic mass is 32.2. The molecule has 0 bridgehead atoms. The second kappa shape index (κ2) is 7.08. The molecule has 0 saturated carbocycles. The molecule has 2 aromatic rings. The van der Waals surface area contributed by atoms with Gasteiger partial charge in [-0.15, -0.1) is 10.2 Å². The molecule has 7 nitrogen and oxygen atoms in total. The van der Waals surface area contributed by atoms with Gasteiger partial charge in [0.25, 0.3) is 0 Å². The Hall–Kier alpha value is -2.35. The van der Waals surface area contributed by atoms with Crippen molar-refractivity contribution in [3.8, 4) is 11.4 Å². The van der Waals surface area contributed by atoms with Gasteiger partial charge in [0.05, 0.1) is 5.25 Å². The summed E-state index contributed by atoms with van der Waals surface area (Å²) >= 11 is 1.24. The second-order valence-electron chi connectivity index (χ2n) is 4.56. The summed E-state index contributed by atoms with van der Waals surface area (Å²) in [5.41, 5.74) is 0.951. The molecule has 1 atom stereocenters. The largest absolute Gasteiger partial charge is 0.341 e. The normalized spacial score (nSPS) is 11.8. The minimum absolute atomic E-state index is 0.381. The Bertz CT molecular complexity index is 671. The Morgan fingerprint density at radius 3 is 2.55 bits per heavy atom. The van der Waals surface area contributed by atoms with Gasteiger partial charge in [-0.1, -0.05) is 42.1 Å². The molecule has 1 aromatic heterocycles. The summed E-state index contributed by atoms with van der Waals surface area (Å²) in [6, 6.07) is 9.15. The summed E-state index contributed by atoms with van der Waals surface area (Å²) < 4.78 is 1.82. The first-order valence-electron chi connectivity index (χ1n) is 6.67. The average molecular weight is 319 g/mol. The van der Waals surface area contributed by atoms with Gasteiger partial charge in [0.1, 0.15) is 0 Å². The van der Waals surface area contributed by atoms with Gasteiger partial charge in [0, 0.05) is 19.7 Å². The van der Waals surface area contributed by atoms with E-state index in [1.807, 2.05) is 41.9 Å². The predicted molar refractivity (Wildman–Crippen MR) is 84.4 cm³/mol. The number of amides is 3. The molecular formula is C14H17N5O2S. The van der Waals surface area contributed by atoms with E-state index >= 15 is 0 Å². The maximum Gasteiger partial charge on any atom is 0.321 e. The lowest BCUT2D eigenvalue weighted by Crippen LogP contribution is -2.41. The first kappa shape index (κ1) is 16.0. The summed E-state index contributed by atoms with van der Waals surface area (Å²) in [6.07, 6.45) is 0. The van der Waals surface area contributed by atoms with Crippen molar-refractivity contribution in [1.29, 1.82) is 0 Å². The van der Waals surface area contributed by atoms with Crippen LogP contribution in [0.1, 0.15) is 6.92 Å². The number of urea groups is 1. The van der Waals surface area contributed by atoms with Crippen LogP contribution < -0.4 is 10.6 Å². The summed E-state index contributed by atoms with van der Waals surface area (Å²) in [7, 11) is 3.29. The van der Waals surface area contributed by atoms with Crippen LogP contribution in [-0.4, -0.2) is 39.0 Å². The Morgan fingerprint density at radius 1 is 1.23 bits per heavy atom. The topological polar surface area (TPSA) is 88.9 Å². The molecule has 0 aliphatic rings. The van der Waals surface area contributed by atoms with Gasteiger partial charge in [0.2, 0.25) is 5.91 Å². The zero-order valence-electron chi connectivity index (χ0n) is 12.5.